The maximum atomic E-state index is 12.7. The van der Waals surface area contributed by atoms with Crippen LogP contribution >= 0.6 is 11.6 Å². The summed E-state index contributed by atoms with van der Waals surface area (Å²) >= 11 is 5.89. The number of rotatable bonds is 4. The molecule has 1 aliphatic rings. The van der Waals surface area contributed by atoms with Crippen molar-refractivity contribution < 1.29 is 18.1 Å². The molecule has 1 fully saturated rings. The molecule has 1 amide bonds. The SMILES string of the molecule is Cc1cc(C(=O)N2CCN(S(=O)(=O)c3cccc(Cl)c3)CC2)ccc1[N+](=O)[O-]. The van der Waals surface area contributed by atoms with Crippen molar-refractivity contribution in [2.45, 2.75) is 11.8 Å². The van der Waals surface area contributed by atoms with E-state index < -0.39 is 14.9 Å². The zero-order chi connectivity index (χ0) is 20.5. The number of carbonyl (C=O) groups excluding carboxylic acids is 1. The molecular formula is C18H18ClN3O5S. The number of nitro benzene ring substituents is 1. The van der Waals surface area contributed by atoms with Gasteiger partial charge in [0.25, 0.3) is 11.6 Å². The smallest absolute Gasteiger partial charge is 0.272 e. The molecule has 0 bridgehead atoms. The number of nitro groups is 1. The van der Waals surface area contributed by atoms with E-state index in [1.807, 2.05) is 0 Å². The van der Waals surface area contributed by atoms with Gasteiger partial charge >= 0.3 is 0 Å². The first-order valence-corrected chi connectivity index (χ1v) is 10.3. The Bertz CT molecular complexity index is 1030. The molecule has 1 aliphatic heterocycles. The van der Waals surface area contributed by atoms with Gasteiger partial charge in [-0.15, -0.1) is 0 Å². The minimum absolute atomic E-state index is 0.0472. The molecule has 1 saturated heterocycles. The summed E-state index contributed by atoms with van der Waals surface area (Å²) in [6.07, 6.45) is 0. The number of sulfonamides is 1. The number of benzene rings is 2. The van der Waals surface area contributed by atoms with Crippen molar-refractivity contribution in [2.75, 3.05) is 26.2 Å². The lowest BCUT2D eigenvalue weighted by Crippen LogP contribution is -2.50. The summed E-state index contributed by atoms with van der Waals surface area (Å²) in [5.74, 6) is -0.280. The second-order valence-electron chi connectivity index (χ2n) is 6.41. The predicted molar refractivity (Wildman–Crippen MR) is 104 cm³/mol. The van der Waals surface area contributed by atoms with Gasteiger partial charge in [0.2, 0.25) is 10.0 Å². The van der Waals surface area contributed by atoms with Crippen LogP contribution in [0.25, 0.3) is 0 Å². The monoisotopic (exact) mass is 423 g/mol. The highest BCUT2D eigenvalue weighted by Gasteiger charge is 2.30. The van der Waals surface area contributed by atoms with E-state index in [4.69, 9.17) is 11.6 Å². The first kappa shape index (κ1) is 20.2. The Hall–Kier alpha value is -2.49. The summed E-state index contributed by atoms with van der Waals surface area (Å²) in [5, 5.41) is 11.2. The number of aryl methyl sites for hydroxylation is 1. The largest absolute Gasteiger partial charge is 0.336 e. The standard InChI is InChI=1S/C18H18ClN3O5S/c1-13-11-14(5-6-17(13)22(24)25)18(23)20-7-9-21(10-8-20)28(26,27)16-4-2-3-15(19)12-16/h2-6,11-12H,7-10H2,1H3. The van der Waals surface area contributed by atoms with Crippen molar-refractivity contribution >= 4 is 33.2 Å². The van der Waals surface area contributed by atoms with Crippen LogP contribution < -0.4 is 0 Å². The van der Waals surface area contributed by atoms with Crippen LogP contribution in [0, 0.1) is 17.0 Å². The summed E-state index contributed by atoms with van der Waals surface area (Å²) in [6, 6.07) is 10.3. The van der Waals surface area contributed by atoms with Crippen LogP contribution in [0.3, 0.4) is 0 Å². The molecule has 0 aromatic heterocycles. The molecular weight excluding hydrogens is 406 g/mol. The van der Waals surface area contributed by atoms with Gasteiger partial charge in [0.15, 0.2) is 0 Å². The Morgan fingerprint density at radius 1 is 1.11 bits per heavy atom. The second kappa shape index (κ2) is 7.86. The molecule has 0 atom stereocenters. The molecule has 0 aliphatic carbocycles. The molecule has 2 aromatic carbocycles. The highest BCUT2D eigenvalue weighted by molar-refractivity contribution is 7.89. The Labute approximate surface area is 167 Å². The molecule has 28 heavy (non-hydrogen) atoms. The van der Waals surface area contributed by atoms with Crippen LogP contribution in [-0.2, 0) is 10.0 Å². The van der Waals surface area contributed by atoms with Crippen molar-refractivity contribution in [3.05, 3.63) is 68.7 Å². The lowest BCUT2D eigenvalue weighted by Gasteiger charge is -2.34. The van der Waals surface area contributed by atoms with E-state index in [1.54, 1.807) is 24.0 Å². The van der Waals surface area contributed by atoms with E-state index in [-0.39, 0.29) is 42.7 Å². The zero-order valence-corrected chi connectivity index (χ0v) is 16.6. The van der Waals surface area contributed by atoms with Crippen molar-refractivity contribution in [1.82, 2.24) is 9.21 Å². The van der Waals surface area contributed by atoms with E-state index in [2.05, 4.69) is 0 Å². The van der Waals surface area contributed by atoms with Gasteiger partial charge in [0.1, 0.15) is 0 Å². The normalized spacial score (nSPS) is 15.4. The van der Waals surface area contributed by atoms with Gasteiger partial charge in [-0.2, -0.15) is 4.31 Å². The van der Waals surface area contributed by atoms with Crippen LogP contribution in [0.5, 0.6) is 0 Å². The van der Waals surface area contributed by atoms with E-state index in [9.17, 15) is 23.3 Å². The van der Waals surface area contributed by atoms with E-state index in [0.717, 1.165) is 0 Å². The van der Waals surface area contributed by atoms with Gasteiger partial charge in [0, 0.05) is 48.4 Å². The third-order valence-corrected chi connectivity index (χ3v) is 6.73. The van der Waals surface area contributed by atoms with Crippen molar-refractivity contribution in [2.24, 2.45) is 0 Å². The fourth-order valence-electron chi connectivity index (χ4n) is 3.08. The molecule has 2 aromatic rings. The van der Waals surface area contributed by atoms with Gasteiger partial charge in [-0.05, 0) is 37.3 Å². The summed E-state index contributed by atoms with van der Waals surface area (Å²) in [4.78, 5) is 24.8. The molecule has 0 saturated carbocycles. The fraction of sp³-hybridized carbons (Fsp3) is 0.278. The van der Waals surface area contributed by atoms with E-state index in [1.165, 1.54) is 34.6 Å². The summed E-state index contributed by atoms with van der Waals surface area (Å²) < 4.78 is 26.8. The zero-order valence-electron chi connectivity index (χ0n) is 15.0. The summed E-state index contributed by atoms with van der Waals surface area (Å²) in [6.45, 7) is 2.35. The average molecular weight is 424 g/mol. The van der Waals surface area contributed by atoms with Crippen molar-refractivity contribution in [3.8, 4) is 0 Å². The number of hydrogen-bond donors (Lipinski definition) is 0. The second-order valence-corrected chi connectivity index (χ2v) is 8.79. The van der Waals surface area contributed by atoms with Gasteiger partial charge in [0.05, 0.1) is 9.82 Å². The highest BCUT2D eigenvalue weighted by Crippen LogP contribution is 2.23. The Morgan fingerprint density at radius 2 is 1.79 bits per heavy atom. The Kier molecular flexibility index (Phi) is 5.69. The molecule has 0 unspecified atom stereocenters. The first-order chi connectivity index (χ1) is 13.2. The van der Waals surface area contributed by atoms with Crippen LogP contribution in [0.15, 0.2) is 47.4 Å². The number of piperazine rings is 1. The molecule has 0 spiro atoms. The van der Waals surface area contributed by atoms with Gasteiger partial charge in [-0.25, -0.2) is 8.42 Å². The van der Waals surface area contributed by atoms with Gasteiger partial charge in [-0.3, -0.25) is 14.9 Å². The fourth-order valence-corrected chi connectivity index (χ4v) is 4.81. The van der Waals surface area contributed by atoms with E-state index in [0.29, 0.717) is 16.1 Å². The molecule has 10 heteroatoms. The van der Waals surface area contributed by atoms with Crippen LogP contribution in [-0.4, -0.2) is 54.6 Å². The molecule has 148 valence electrons. The molecule has 0 N–H and O–H groups in total. The molecule has 3 rings (SSSR count). The minimum Gasteiger partial charge on any atom is -0.336 e. The van der Waals surface area contributed by atoms with E-state index >= 15 is 0 Å². The number of carbonyl (C=O) groups is 1. The third kappa shape index (κ3) is 4.01. The molecule has 8 nitrogen and oxygen atoms in total. The lowest BCUT2D eigenvalue weighted by atomic mass is 10.1. The maximum absolute atomic E-state index is 12.7. The molecule has 1 heterocycles. The number of amides is 1. The Morgan fingerprint density at radius 3 is 2.36 bits per heavy atom. The molecule has 0 radical (unpaired) electrons. The lowest BCUT2D eigenvalue weighted by molar-refractivity contribution is -0.385. The van der Waals surface area contributed by atoms with Crippen LogP contribution in [0.2, 0.25) is 5.02 Å². The maximum Gasteiger partial charge on any atom is 0.272 e. The average Bonchev–Trinajstić information content (AvgIpc) is 2.67. The third-order valence-electron chi connectivity index (χ3n) is 4.60. The number of nitrogens with zero attached hydrogens (tertiary/aromatic N) is 3. The number of halogens is 1. The quantitative estimate of drug-likeness (QED) is 0.555. The highest BCUT2D eigenvalue weighted by atomic mass is 35.5. The van der Waals surface area contributed by atoms with Crippen molar-refractivity contribution in [1.29, 1.82) is 0 Å². The van der Waals surface area contributed by atoms with Gasteiger partial charge in [-0.1, -0.05) is 17.7 Å². The van der Waals surface area contributed by atoms with Crippen molar-refractivity contribution in [3.63, 3.8) is 0 Å². The van der Waals surface area contributed by atoms with Crippen LogP contribution in [0.1, 0.15) is 15.9 Å². The predicted octanol–water partition coefficient (Wildman–Crippen LogP) is 2.70. The van der Waals surface area contributed by atoms with Gasteiger partial charge < -0.3 is 4.90 Å². The van der Waals surface area contributed by atoms with Crippen LogP contribution in [0.4, 0.5) is 5.69 Å². The minimum atomic E-state index is -3.68. The topological polar surface area (TPSA) is 101 Å². The summed E-state index contributed by atoms with van der Waals surface area (Å²) in [7, 11) is -3.68. The summed E-state index contributed by atoms with van der Waals surface area (Å²) in [5.41, 5.74) is 0.696. The first-order valence-electron chi connectivity index (χ1n) is 8.50. The Balaban J connectivity index is 1.70. The number of hydrogen-bond acceptors (Lipinski definition) is 5.